The van der Waals surface area contributed by atoms with E-state index in [0.717, 1.165) is 29.0 Å². The highest BCUT2D eigenvalue weighted by Crippen LogP contribution is 2.32. The predicted octanol–water partition coefficient (Wildman–Crippen LogP) is 4.20. The second kappa shape index (κ2) is 7.03. The third kappa shape index (κ3) is 3.42. The Bertz CT molecular complexity index is 916. The van der Waals surface area contributed by atoms with Crippen LogP contribution in [-0.2, 0) is 19.4 Å². The van der Waals surface area contributed by atoms with Gasteiger partial charge in [0.1, 0.15) is 5.69 Å². The number of thiophene rings is 1. The van der Waals surface area contributed by atoms with Gasteiger partial charge in [-0.1, -0.05) is 12.1 Å². The van der Waals surface area contributed by atoms with Crippen LogP contribution in [0.2, 0.25) is 0 Å². The molecule has 0 unspecified atom stereocenters. The van der Waals surface area contributed by atoms with E-state index < -0.39 is 0 Å². The first kappa shape index (κ1) is 17.0. The molecule has 0 fully saturated rings. The number of aromatic nitrogens is 2. The summed E-state index contributed by atoms with van der Waals surface area (Å²) in [6, 6.07) is 7.73. The third-order valence-corrected chi connectivity index (χ3v) is 6.02. The van der Waals surface area contributed by atoms with Gasteiger partial charge in [0.05, 0.1) is 11.4 Å². The fraction of sp³-hybridized carbons (Fsp3) is 0.350. The van der Waals surface area contributed by atoms with Gasteiger partial charge < -0.3 is 9.42 Å². The molecule has 3 heterocycles. The van der Waals surface area contributed by atoms with Crippen molar-refractivity contribution < 1.29 is 9.32 Å². The van der Waals surface area contributed by atoms with Crippen LogP contribution < -0.4 is 0 Å². The second-order valence-corrected chi connectivity index (χ2v) is 8.13. The molecule has 3 aromatic rings. The lowest BCUT2D eigenvalue weighted by molar-refractivity contribution is 0.0777. The zero-order valence-electron chi connectivity index (χ0n) is 14.9. The van der Waals surface area contributed by atoms with Crippen LogP contribution in [0.1, 0.15) is 39.2 Å². The Balaban J connectivity index is 1.46. The average molecular weight is 367 g/mol. The standard InChI is InChI=1S/C20H21N3O2S/c1-13-5-6-18-15(8-13)9-19(26-18)20(24)23(2)12-16-10-17(22-25-16)14-4-3-7-21-11-14/h3-4,7,9-11,13H,5-6,8,12H2,1-2H3/t13-/m1/s1. The summed E-state index contributed by atoms with van der Waals surface area (Å²) >= 11 is 1.64. The van der Waals surface area contributed by atoms with E-state index in [-0.39, 0.29) is 5.91 Å². The number of amides is 1. The van der Waals surface area contributed by atoms with E-state index in [2.05, 4.69) is 23.1 Å². The summed E-state index contributed by atoms with van der Waals surface area (Å²) in [7, 11) is 1.80. The lowest BCUT2D eigenvalue weighted by Crippen LogP contribution is -2.25. The molecule has 0 N–H and O–H groups in total. The monoisotopic (exact) mass is 367 g/mol. The Morgan fingerprint density at radius 3 is 3.12 bits per heavy atom. The van der Waals surface area contributed by atoms with Crippen LogP contribution in [0.25, 0.3) is 11.3 Å². The lowest BCUT2D eigenvalue weighted by atomic mass is 9.90. The molecule has 1 aliphatic rings. The van der Waals surface area contributed by atoms with Crippen LogP contribution in [0.4, 0.5) is 0 Å². The van der Waals surface area contributed by atoms with E-state index in [1.807, 2.05) is 18.2 Å². The fourth-order valence-corrected chi connectivity index (χ4v) is 4.55. The third-order valence-electron chi connectivity index (χ3n) is 4.80. The van der Waals surface area contributed by atoms with E-state index in [4.69, 9.17) is 4.52 Å². The number of hydrogen-bond donors (Lipinski definition) is 0. The molecule has 0 radical (unpaired) electrons. The molecule has 0 aromatic carbocycles. The molecular formula is C20H21N3O2S. The van der Waals surface area contributed by atoms with Crippen molar-refractivity contribution in [2.75, 3.05) is 7.05 Å². The van der Waals surface area contributed by atoms with Gasteiger partial charge in [-0.3, -0.25) is 9.78 Å². The number of carbonyl (C=O) groups is 1. The highest BCUT2D eigenvalue weighted by molar-refractivity contribution is 7.14. The van der Waals surface area contributed by atoms with Crippen molar-refractivity contribution in [3.05, 3.63) is 57.7 Å². The van der Waals surface area contributed by atoms with Crippen molar-refractivity contribution in [1.29, 1.82) is 0 Å². The normalized spacial score (nSPS) is 16.3. The number of carbonyl (C=O) groups excluding carboxylic acids is 1. The molecule has 1 aliphatic carbocycles. The molecule has 6 heteroatoms. The maximum atomic E-state index is 12.8. The molecule has 0 saturated carbocycles. The quantitative estimate of drug-likeness (QED) is 0.693. The SMILES string of the molecule is C[C@@H]1CCc2sc(C(=O)N(C)Cc3cc(-c4cccnc4)no3)cc2C1. The smallest absolute Gasteiger partial charge is 0.264 e. The van der Waals surface area contributed by atoms with Gasteiger partial charge in [-0.05, 0) is 48.9 Å². The van der Waals surface area contributed by atoms with Crippen molar-refractivity contribution in [2.24, 2.45) is 5.92 Å². The van der Waals surface area contributed by atoms with Crippen molar-refractivity contribution in [2.45, 2.75) is 32.7 Å². The van der Waals surface area contributed by atoms with Crippen LogP contribution in [-0.4, -0.2) is 28.0 Å². The Morgan fingerprint density at radius 2 is 2.31 bits per heavy atom. The maximum absolute atomic E-state index is 12.8. The number of nitrogens with zero attached hydrogens (tertiary/aromatic N) is 3. The van der Waals surface area contributed by atoms with Gasteiger partial charge in [-0.15, -0.1) is 11.3 Å². The summed E-state index contributed by atoms with van der Waals surface area (Å²) < 4.78 is 5.40. The minimum atomic E-state index is 0.0383. The lowest BCUT2D eigenvalue weighted by Gasteiger charge is -2.16. The zero-order chi connectivity index (χ0) is 18.1. The Hall–Kier alpha value is -2.47. The first-order valence-corrected chi connectivity index (χ1v) is 9.65. The highest BCUT2D eigenvalue weighted by Gasteiger charge is 2.23. The molecule has 0 spiro atoms. The summed E-state index contributed by atoms with van der Waals surface area (Å²) in [6.45, 7) is 2.67. The summed E-state index contributed by atoms with van der Waals surface area (Å²) in [4.78, 5) is 20.8. The molecule has 3 aromatic heterocycles. The first-order chi connectivity index (χ1) is 12.6. The Kier molecular flexibility index (Phi) is 4.59. The molecule has 4 rings (SSSR count). The molecule has 0 aliphatic heterocycles. The summed E-state index contributed by atoms with van der Waals surface area (Å²) in [5, 5.41) is 4.08. The fourth-order valence-electron chi connectivity index (χ4n) is 3.34. The minimum Gasteiger partial charge on any atom is -0.359 e. The molecule has 5 nitrogen and oxygen atoms in total. The highest BCUT2D eigenvalue weighted by atomic mass is 32.1. The van der Waals surface area contributed by atoms with E-state index >= 15 is 0 Å². The van der Waals surface area contributed by atoms with Gasteiger partial charge in [-0.2, -0.15) is 0 Å². The van der Waals surface area contributed by atoms with Crippen LogP contribution in [0.3, 0.4) is 0 Å². The second-order valence-electron chi connectivity index (χ2n) is 6.99. The van der Waals surface area contributed by atoms with Crippen molar-refractivity contribution in [3.8, 4) is 11.3 Å². The maximum Gasteiger partial charge on any atom is 0.264 e. The van der Waals surface area contributed by atoms with Crippen molar-refractivity contribution in [1.82, 2.24) is 15.0 Å². The molecular weight excluding hydrogens is 346 g/mol. The number of rotatable bonds is 4. The number of aryl methyl sites for hydroxylation is 1. The topological polar surface area (TPSA) is 59.2 Å². The zero-order valence-corrected chi connectivity index (χ0v) is 15.8. The van der Waals surface area contributed by atoms with Crippen LogP contribution in [0, 0.1) is 5.92 Å². The van der Waals surface area contributed by atoms with E-state index in [0.29, 0.717) is 18.2 Å². The minimum absolute atomic E-state index is 0.0383. The van der Waals surface area contributed by atoms with E-state index in [1.165, 1.54) is 16.9 Å². The number of fused-ring (bicyclic) bond motifs is 1. The molecule has 0 saturated heterocycles. The number of hydrogen-bond acceptors (Lipinski definition) is 5. The van der Waals surface area contributed by atoms with Crippen LogP contribution >= 0.6 is 11.3 Å². The van der Waals surface area contributed by atoms with Gasteiger partial charge in [0, 0.05) is 35.9 Å². The van der Waals surface area contributed by atoms with Gasteiger partial charge in [0.15, 0.2) is 5.76 Å². The van der Waals surface area contributed by atoms with Gasteiger partial charge >= 0.3 is 0 Å². The van der Waals surface area contributed by atoms with Gasteiger partial charge in [-0.25, -0.2) is 0 Å². The molecule has 26 heavy (non-hydrogen) atoms. The van der Waals surface area contributed by atoms with Gasteiger partial charge in [0.2, 0.25) is 0 Å². The van der Waals surface area contributed by atoms with Crippen LogP contribution in [0.5, 0.6) is 0 Å². The summed E-state index contributed by atoms with van der Waals surface area (Å²) in [5.41, 5.74) is 2.98. The largest absolute Gasteiger partial charge is 0.359 e. The predicted molar refractivity (Wildman–Crippen MR) is 101 cm³/mol. The van der Waals surface area contributed by atoms with Crippen LogP contribution in [0.15, 0.2) is 41.2 Å². The van der Waals surface area contributed by atoms with Crippen molar-refractivity contribution in [3.63, 3.8) is 0 Å². The Labute approximate surface area is 156 Å². The molecule has 0 bridgehead atoms. The van der Waals surface area contributed by atoms with Crippen molar-refractivity contribution >= 4 is 17.2 Å². The first-order valence-electron chi connectivity index (χ1n) is 8.83. The summed E-state index contributed by atoms with van der Waals surface area (Å²) in [5.74, 6) is 1.41. The average Bonchev–Trinajstić information content (AvgIpc) is 3.28. The van der Waals surface area contributed by atoms with E-state index in [9.17, 15) is 4.79 Å². The number of pyridine rings is 1. The summed E-state index contributed by atoms with van der Waals surface area (Å²) in [6.07, 6.45) is 6.85. The molecule has 1 amide bonds. The Morgan fingerprint density at radius 1 is 1.42 bits per heavy atom. The van der Waals surface area contributed by atoms with E-state index in [1.54, 1.807) is 35.7 Å². The molecule has 134 valence electrons. The van der Waals surface area contributed by atoms with Gasteiger partial charge in [0.25, 0.3) is 5.91 Å². The molecule has 1 atom stereocenters.